The number of carbonyl (C=O) groups is 1. The summed E-state index contributed by atoms with van der Waals surface area (Å²) >= 11 is 0. The number of likely N-dealkylation sites (tertiary alicyclic amines) is 1. The fourth-order valence-corrected chi connectivity index (χ4v) is 2.65. The van der Waals surface area contributed by atoms with E-state index in [1.54, 1.807) is 0 Å². The fourth-order valence-electron chi connectivity index (χ4n) is 2.65. The van der Waals surface area contributed by atoms with Crippen LogP contribution in [-0.4, -0.2) is 36.5 Å². The first-order valence-electron chi connectivity index (χ1n) is 7.90. The van der Waals surface area contributed by atoms with Gasteiger partial charge >= 0.3 is 0 Å². The third kappa shape index (κ3) is 5.38. The predicted molar refractivity (Wildman–Crippen MR) is 84.3 cm³/mol. The first-order valence-corrected chi connectivity index (χ1v) is 7.90. The summed E-state index contributed by atoms with van der Waals surface area (Å²) in [7, 11) is 0. The molecule has 0 radical (unpaired) electrons. The summed E-state index contributed by atoms with van der Waals surface area (Å²) in [6.07, 6.45) is 5.53. The Balaban J connectivity index is 1.80. The molecule has 1 aliphatic heterocycles. The highest BCUT2D eigenvalue weighted by Crippen LogP contribution is 2.14. The maximum absolute atomic E-state index is 12.1. The van der Waals surface area contributed by atoms with Gasteiger partial charge in [0.25, 0.3) is 5.91 Å². The van der Waals surface area contributed by atoms with Crippen LogP contribution in [0.4, 0.5) is 0 Å². The fraction of sp³-hybridized carbons (Fsp3) is 0.588. The Morgan fingerprint density at radius 1 is 1.19 bits per heavy atom. The van der Waals surface area contributed by atoms with E-state index in [-0.39, 0.29) is 18.6 Å². The van der Waals surface area contributed by atoms with Crippen molar-refractivity contribution in [1.82, 2.24) is 4.90 Å². The minimum atomic E-state index is 0.0940. The van der Waals surface area contributed by atoms with Gasteiger partial charge in [0.05, 0.1) is 0 Å². The average Bonchev–Trinajstić information content (AvgIpc) is 2.75. The monoisotopic (exact) mass is 290 g/mol. The molecule has 2 N–H and O–H groups in total. The first-order chi connectivity index (χ1) is 10.1. The van der Waals surface area contributed by atoms with Crippen LogP contribution < -0.4 is 10.5 Å². The van der Waals surface area contributed by atoms with Gasteiger partial charge in [-0.3, -0.25) is 4.79 Å². The van der Waals surface area contributed by atoms with Crippen molar-refractivity contribution in [1.29, 1.82) is 0 Å². The van der Waals surface area contributed by atoms with Crippen molar-refractivity contribution in [3.8, 4) is 5.75 Å². The van der Waals surface area contributed by atoms with E-state index in [0.717, 1.165) is 38.1 Å². The minimum absolute atomic E-state index is 0.0940. The Morgan fingerprint density at radius 2 is 1.81 bits per heavy atom. The number of hydrogen-bond donors (Lipinski definition) is 1. The zero-order valence-electron chi connectivity index (χ0n) is 12.9. The van der Waals surface area contributed by atoms with Crippen molar-refractivity contribution in [2.45, 2.75) is 45.1 Å². The Kier molecular flexibility index (Phi) is 6.05. The molecule has 1 heterocycles. The topological polar surface area (TPSA) is 55.6 Å². The Morgan fingerprint density at radius 3 is 2.38 bits per heavy atom. The summed E-state index contributed by atoms with van der Waals surface area (Å²) in [4.78, 5) is 14.0. The van der Waals surface area contributed by atoms with E-state index in [2.05, 4.69) is 0 Å². The number of benzene rings is 1. The zero-order chi connectivity index (χ0) is 15.1. The third-order valence-corrected chi connectivity index (χ3v) is 3.80. The second-order valence-corrected chi connectivity index (χ2v) is 5.91. The van der Waals surface area contributed by atoms with Gasteiger partial charge in [0.15, 0.2) is 6.61 Å². The van der Waals surface area contributed by atoms with E-state index in [0.29, 0.717) is 0 Å². The average molecular weight is 290 g/mol. The molecule has 1 amide bonds. The molecule has 0 saturated carbocycles. The summed E-state index contributed by atoms with van der Waals surface area (Å²) < 4.78 is 5.60. The van der Waals surface area contributed by atoms with Gasteiger partial charge in [0.1, 0.15) is 5.75 Å². The molecule has 1 atom stereocenters. The lowest BCUT2D eigenvalue weighted by Gasteiger charge is -2.20. The number of nitrogens with two attached hydrogens (primary N) is 1. The molecule has 1 aromatic carbocycles. The summed E-state index contributed by atoms with van der Waals surface area (Å²) in [6, 6.07) is 7.99. The number of carbonyl (C=O) groups excluding carboxylic acids is 1. The van der Waals surface area contributed by atoms with Crippen LogP contribution in [0.25, 0.3) is 0 Å². The summed E-state index contributed by atoms with van der Waals surface area (Å²) in [6.45, 7) is 3.86. The standard InChI is InChI=1S/C17H26N2O2/c1-14(18)12-15-6-8-16(9-7-15)21-13-17(20)19-10-4-2-3-5-11-19/h6-9,14H,2-5,10-13,18H2,1H3. The molecule has 116 valence electrons. The van der Waals surface area contributed by atoms with E-state index >= 15 is 0 Å². The molecular weight excluding hydrogens is 264 g/mol. The molecule has 0 bridgehead atoms. The Labute approximate surface area is 127 Å². The molecular formula is C17H26N2O2. The predicted octanol–water partition coefficient (Wildman–Crippen LogP) is 2.36. The Hall–Kier alpha value is -1.55. The molecule has 1 aliphatic rings. The van der Waals surface area contributed by atoms with E-state index in [1.165, 1.54) is 18.4 Å². The second kappa shape index (κ2) is 8.03. The summed E-state index contributed by atoms with van der Waals surface area (Å²) in [5, 5.41) is 0. The normalized spacial score (nSPS) is 17.1. The second-order valence-electron chi connectivity index (χ2n) is 5.91. The molecule has 0 spiro atoms. The highest BCUT2D eigenvalue weighted by molar-refractivity contribution is 5.77. The van der Waals surface area contributed by atoms with Crippen LogP contribution in [0.5, 0.6) is 5.75 Å². The molecule has 4 nitrogen and oxygen atoms in total. The number of amides is 1. The Bertz CT molecular complexity index is 435. The van der Waals surface area contributed by atoms with Crippen molar-refractivity contribution in [2.75, 3.05) is 19.7 Å². The van der Waals surface area contributed by atoms with Crippen molar-refractivity contribution in [2.24, 2.45) is 5.73 Å². The molecule has 21 heavy (non-hydrogen) atoms. The van der Waals surface area contributed by atoms with Crippen LogP contribution in [0.1, 0.15) is 38.2 Å². The lowest BCUT2D eigenvalue weighted by molar-refractivity contribution is -0.133. The van der Waals surface area contributed by atoms with E-state index in [1.807, 2.05) is 36.1 Å². The quantitative estimate of drug-likeness (QED) is 0.905. The molecule has 1 saturated heterocycles. The van der Waals surface area contributed by atoms with Crippen LogP contribution in [0.15, 0.2) is 24.3 Å². The van der Waals surface area contributed by atoms with Gasteiger partial charge in [0, 0.05) is 19.1 Å². The molecule has 4 heteroatoms. The number of hydrogen-bond acceptors (Lipinski definition) is 3. The maximum Gasteiger partial charge on any atom is 0.260 e. The number of rotatable bonds is 5. The largest absolute Gasteiger partial charge is 0.484 e. The first kappa shape index (κ1) is 15.8. The minimum Gasteiger partial charge on any atom is -0.484 e. The van der Waals surface area contributed by atoms with Crippen molar-refractivity contribution in [3.63, 3.8) is 0 Å². The smallest absolute Gasteiger partial charge is 0.260 e. The van der Waals surface area contributed by atoms with Gasteiger partial charge < -0.3 is 15.4 Å². The molecule has 0 aliphatic carbocycles. The van der Waals surface area contributed by atoms with Crippen molar-refractivity contribution < 1.29 is 9.53 Å². The van der Waals surface area contributed by atoms with E-state index in [4.69, 9.17) is 10.5 Å². The highest BCUT2D eigenvalue weighted by Gasteiger charge is 2.15. The number of ether oxygens (including phenoxy) is 1. The van der Waals surface area contributed by atoms with Crippen molar-refractivity contribution in [3.05, 3.63) is 29.8 Å². The van der Waals surface area contributed by atoms with Gasteiger partial charge in [-0.25, -0.2) is 0 Å². The van der Waals surface area contributed by atoms with Gasteiger partial charge in [-0.15, -0.1) is 0 Å². The SMILES string of the molecule is CC(N)Cc1ccc(OCC(=O)N2CCCCCC2)cc1. The third-order valence-electron chi connectivity index (χ3n) is 3.80. The zero-order valence-corrected chi connectivity index (χ0v) is 12.9. The molecule has 1 aromatic rings. The highest BCUT2D eigenvalue weighted by atomic mass is 16.5. The number of nitrogens with zero attached hydrogens (tertiary/aromatic N) is 1. The summed E-state index contributed by atoms with van der Waals surface area (Å²) in [5.41, 5.74) is 6.97. The molecule has 1 unspecified atom stereocenters. The van der Waals surface area contributed by atoms with Gasteiger partial charge in [-0.2, -0.15) is 0 Å². The van der Waals surface area contributed by atoms with Crippen LogP contribution in [0, 0.1) is 0 Å². The van der Waals surface area contributed by atoms with E-state index < -0.39 is 0 Å². The molecule has 2 rings (SSSR count). The van der Waals surface area contributed by atoms with Crippen molar-refractivity contribution >= 4 is 5.91 Å². The molecule has 0 aromatic heterocycles. The summed E-state index contributed by atoms with van der Waals surface area (Å²) in [5.74, 6) is 0.836. The lowest BCUT2D eigenvalue weighted by Crippen LogP contribution is -2.35. The van der Waals surface area contributed by atoms with Gasteiger partial charge in [-0.1, -0.05) is 25.0 Å². The lowest BCUT2D eigenvalue weighted by atomic mass is 10.1. The molecule has 1 fully saturated rings. The maximum atomic E-state index is 12.1. The van der Waals surface area contributed by atoms with E-state index in [9.17, 15) is 4.79 Å². The van der Waals surface area contributed by atoms with Crippen LogP contribution in [-0.2, 0) is 11.2 Å². The van der Waals surface area contributed by atoms with Crippen LogP contribution in [0.2, 0.25) is 0 Å². The van der Waals surface area contributed by atoms with Gasteiger partial charge in [-0.05, 0) is 43.9 Å². The van der Waals surface area contributed by atoms with Crippen LogP contribution in [0.3, 0.4) is 0 Å². The van der Waals surface area contributed by atoms with Gasteiger partial charge in [0.2, 0.25) is 0 Å². The van der Waals surface area contributed by atoms with Crippen LogP contribution >= 0.6 is 0 Å².